The van der Waals surface area contributed by atoms with Crippen LogP contribution in [-0.2, 0) is 4.79 Å². The molecule has 0 saturated heterocycles. The fourth-order valence-electron chi connectivity index (χ4n) is 1.95. The minimum atomic E-state index is 0.0316. The van der Waals surface area contributed by atoms with Crippen molar-refractivity contribution in [2.24, 2.45) is 0 Å². The molecule has 92 valence electrons. The summed E-state index contributed by atoms with van der Waals surface area (Å²) >= 11 is 0. The van der Waals surface area contributed by atoms with Crippen molar-refractivity contribution in [1.82, 2.24) is 4.90 Å². The van der Waals surface area contributed by atoms with Gasteiger partial charge in [-0.15, -0.1) is 0 Å². The number of likely N-dealkylation sites (N-methyl/N-ethyl adjacent to an activating group) is 1. The molecule has 1 saturated carbocycles. The topological polar surface area (TPSA) is 58.4 Å². The smallest absolute Gasteiger partial charge is 0.238 e. The second-order valence-corrected chi connectivity index (χ2v) is 4.67. The van der Waals surface area contributed by atoms with Crippen molar-refractivity contribution in [1.29, 1.82) is 0 Å². The second-order valence-electron chi connectivity index (χ2n) is 4.67. The predicted octanol–water partition coefficient (Wildman–Crippen LogP) is 1.69. The third-order valence-electron chi connectivity index (χ3n) is 3.29. The van der Waals surface area contributed by atoms with E-state index in [1.807, 2.05) is 19.2 Å². The lowest BCUT2D eigenvalue weighted by Gasteiger charge is -2.34. The number of nitrogen functional groups attached to an aromatic ring is 1. The van der Waals surface area contributed by atoms with E-state index in [-0.39, 0.29) is 5.91 Å². The zero-order valence-electron chi connectivity index (χ0n) is 10.1. The van der Waals surface area contributed by atoms with Gasteiger partial charge in [-0.3, -0.25) is 9.69 Å². The van der Waals surface area contributed by atoms with Crippen LogP contribution in [0.4, 0.5) is 11.4 Å². The molecule has 17 heavy (non-hydrogen) atoms. The summed E-state index contributed by atoms with van der Waals surface area (Å²) in [5, 5.41) is 2.87. The molecule has 0 heterocycles. The standard InChI is InChI=1S/C13H19N3O/c1-16(12-3-2-4-12)9-13(17)15-11-7-5-10(14)6-8-11/h5-8,12H,2-4,9,14H2,1H3,(H,15,17). The van der Waals surface area contributed by atoms with E-state index < -0.39 is 0 Å². The van der Waals surface area contributed by atoms with E-state index in [1.165, 1.54) is 19.3 Å². The van der Waals surface area contributed by atoms with Crippen LogP contribution in [-0.4, -0.2) is 30.4 Å². The minimum absolute atomic E-state index is 0.0316. The molecule has 0 bridgehead atoms. The normalized spacial score (nSPS) is 15.6. The number of amides is 1. The molecule has 4 heteroatoms. The third kappa shape index (κ3) is 3.20. The number of nitrogens with one attached hydrogen (secondary N) is 1. The molecule has 1 aromatic rings. The molecule has 2 rings (SSSR count). The van der Waals surface area contributed by atoms with Gasteiger partial charge >= 0.3 is 0 Å². The molecule has 1 fully saturated rings. The fourth-order valence-corrected chi connectivity index (χ4v) is 1.95. The van der Waals surface area contributed by atoms with Crippen molar-refractivity contribution < 1.29 is 4.79 Å². The Morgan fingerprint density at radius 3 is 2.59 bits per heavy atom. The Labute approximate surface area is 102 Å². The number of hydrogen-bond donors (Lipinski definition) is 2. The average Bonchev–Trinajstić information content (AvgIpc) is 2.18. The first-order chi connectivity index (χ1) is 8.15. The van der Waals surface area contributed by atoms with E-state index >= 15 is 0 Å². The lowest BCUT2D eigenvalue weighted by molar-refractivity contribution is -0.117. The molecule has 0 atom stereocenters. The van der Waals surface area contributed by atoms with E-state index in [2.05, 4.69) is 10.2 Å². The number of carbonyl (C=O) groups is 1. The van der Waals surface area contributed by atoms with Crippen LogP contribution in [0.2, 0.25) is 0 Å². The number of nitrogens with two attached hydrogens (primary N) is 1. The van der Waals surface area contributed by atoms with Crippen LogP contribution in [0, 0.1) is 0 Å². The maximum Gasteiger partial charge on any atom is 0.238 e. The van der Waals surface area contributed by atoms with Gasteiger partial charge in [-0.25, -0.2) is 0 Å². The summed E-state index contributed by atoms with van der Waals surface area (Å²) in [6, 6.07) is 7.79. The van der Waals surface area contributed by atoms with Crippen molar-refractivity contribution >= 4 is 17.3 Å². The van der Waals surface area contributed by atoms with Crippen LogP contribution in [0.3, 0.4) is 0 Å². The van der Waals surface area contributed by atoms with Gasteiger partial charge in [0.15, 0.2) is 0 Å². The van der Waals surface area contributed by atoms with Crippen molar-refractivity contribution in [3.63, 3.8) is 0 Å². The van der Waals surface area contributed by atoms with Gasteiger partial charge in [0.2, 0.25) is 5.91 Å². The molecule has 0 aromatic heterocycles. The Morgan fingerprint density at radius 2 is 2.06 bits per heavy atom. The van der Waals surface area contributed by atoms with Gasteiger partial charge in [0.25, 0.3) is 0 Å². The summed E-state index contributed by atoms with van der Waals surface area (Å²) in [7, 11) is 2.01. The molecule has 4 nitrogen and oxygen atoms in total. The fraction of sp³-hybridized carbons (Fsp3) is 0.462. The highest BCUT2D eigenvalue weighted by Gasteiger charge is 2.23. The lowest BCUT2D eigenvalue weighted by atomic mass is 9.92. The maximum atomic E-state index is 11.8. The first-order valence-corrected chi connectivity index (χ1v) is 6.01. The molecule has 0 radical (unpaired) electrons. The van der Waals surface area contributed by atoms with Crippen LogP contribution < -0.4 is 11.1 Å². The minimum Gasteiger partial charge on any atom is -0.399 e. The largest absolute Gasteiger partial charge is 0.399 e. The Balaban J connectivity index is 1.82. The van der Waals surface area contributed by atoms with Gasteiger partial charge in [-0.1, -0.05) is 6.42 Å². The summed E-state index contributed by atoms with van der Waals surface area (Å²) < 4.78 is 0. The molecule has 1 aliphatic rings. The summed E-state index contributed by atoms with van der Waals surface area (Å²) in [6.07, 6.45) is 3.71. The van der Waals surface area contributed by atoms with Crippen molar-refractivity contribution in [2.75, 3.05) is 24.6 Å². The van der Waals surface area contributed by atoms with Crippen LogP contribution in [0.15, 0.2) is 24.3 Å². The monoisotopic (exact) mass is 233 g/mol. The maximum absolute atomic E-state index is 11.8. The van der Waals surface area contributed by atoms with Crippen LogP contribution in [0.25, 0.3) is 0 Å². The molecular weight excluding hydrogens is 214 g/mol. The highest BCUT2D eigenvalue weighted by atomic mass is 16.2. The summed E-state index contributed by atoms with van der Waals surface area (Å²) in [6.45, 7) is 0.453. The van der Waals surface area contributed by atoms with Gasteiger partial charge in [0.05, 0.1) is 6.54 Å². The third-order valence-corrected chi connectivity index (χ3v) is 3.29. The average molecular weight is 233 g/mol. The highest BCUT2D eigenvalue weighted by molar-refractivity contribution is 5.92. The van der Waals surface area contributed by atoms with E-state index in [1.54, 1.807) is 12.1 Å². The Hall–Kier alpha value is -1.55. The van der Waals surface area contributed by atoms with Crippen molar-refractivity contribution in [3.8, 4) is 0 Å². The van der Waals surface area contributed by atoms with Gasteiger partial charge in [0.1, 0.15) is 0 Å². The quantitative estimate of drug-likeness (QED) is 0.778. The highest BCUT2D eigenvalue weighted by Crippen LogP contribution is 2.23. The number of anilines is 2. The number of hydrogen-bond acceptors (Lipinski definition) is 3. The molecule has 1 aliphatic carbocycles. The van der Waals surface area contributed by atoms with Gasteiger partial charge in [-0.2, -0.15) is 0 Å². The van der Waals surface area contributed by atoms with Crippen LogP contribution in [0.5, 0.6) is 0 Å². The molecule has 1 amide bonds. The number of benzene rings is 1. The van der Waals surface area contributed by atoms with E-state index in [9.17, 15) is 4.79 Å². The van der Waals surface area contributed by atoms with Gasteiger partial charge in [-0.05, 0) is 44.2 Å². The number of rotatable bonds is 4. The first kappa shape index (κ1) is 11.9. The Kier molecular flexibility index (Phi) is 3.64. The predicted molar refractivity (Wildman–Crippen MR) is 69.8 cm³/mol. The summed E-state index contributed by atoms with van der Waals surface area (Å²) in [4.78, 5) is 13.9. The Bertz CT molecular complexity index is 384. The van der Waals surface area contributed by atoms with Crippen LogP contribution in [0.1, 0.15) is 19.3 Å². The number of nitrogens with zero attached hydrogens (tertiary/aromatic N) is 1. The Morgan fingerprint density at radius 1 is 1.41 bits per heavy atom. The second kappa shape index (κ2) is 5.19. The summed E-state index contributed by atoms with van der Waals surface area (Å²) in [5.74, 6) is 0.0316. The first-order valence-electron chi connectivity index (χ1n) is 6.01. The van der Waals surface area contributed by atoms with E-state index in [0.717, 1.165) is 5.69 Å². The molecule has 3 N–H and O–H groups in total. The van der Waals surface area contributed by atoms with E-state index in [0.29, 0.717) is 18.3 Å². The van der Waals surface area contributed by atoms with Gasteiger partial charge < -0.3 is 11.1 Å². The molecule has 1 aromatic carbocycles. The van der Waals surface area contributed by atoms with Gasteiger partial charge in [0, 0.05) is 17.4 Å². The zero-order valence-corrected chi connectivity index (χ0v) is 10.1. The van der Waals surface area contributed by atoms with E-state index in [4.69, 9.17) is 5.73 Å². The van der Waals surface area contributed by atoms with Crippen molar-refractivity contribution in [2.45, 2.75) is 25.3 Å². The molecular formula is C13H19N3O. The molecule has 0 unspecified atom stereocenters. The molecule has 0 aliphatic heterocycles. The SMILES string of the molecule is CN(CC(=O)Nc1ccc(N)cc1)C1CCC1. The van der Waals surface area contributed by atoms with Crippen LogP contribution >= 0.6 is 0 Å². The summed E-state index contributed by atoms with van der Waals surface area (Å²) in [5.41, 5.74) is 7.08. The lowest BCUT2D eigenvalue weighted by Crippen LogP contribution is -2.41. The zero-order chi connectivity index (χ0) is 12.3. The molecule has 0 spiro atoms. The van der Waals surface area contributed by atoms with Crippen molar-refractivity contribution in [3.05, 3.63) is 24.3 Å². The number of carbonyl (C=O) groups excluding carboxylic acids is 1.